The summed E-state index contributed by atoms with van der Waals surface area (Å²) in [4.78, 5) is 0. The molecule has 2 aliphatic carbocycles. The van der Waals surface area contributed by atoms with Gasteiger partial charge >= 0.3 is 0 Å². The number of aryl methyl sites for hydroxylation is 2. The molecule has 0 heterocycles. The van der Waals surface area contributed by atoms with Crippen molar-refractivity contribution in [1.82, 2.24) is 5.32 Å². The summed E-state index contributed by atoms with van der Waals surface area (Å²) in [5.74, 6) is 0. The van der Waals surface area contributed by atoms with Gasteiger partial charge in [0.2, 0.25) is 0 Å². The molecule has 1 fully saturated rings. The summed E-state index contributed by atoms with van der Waals surface area (Å²) in [6.45, 7) is 7.17. The molecule has 1 N–H and O–H groups in total. The minimum atomic E-state index is 0.486. The lowest BCUT2D eigenvalue weighted by molar-refractivity contribution is 0.191. The van der Waals surface area contributed by atoms with Gasteiger partial charge in [0.1, 0.15) is 0 Å². The van der Waals surface area contributed by atoms with Gasteiger partial charge in [0, 0.05) is 12.1 Å². The second-order valence-electron chi connectivity index (χ2n) is 7.73. The van der Waals surface area contributed by atoms with Crippen LogP contribution in [0.3, 0.4) is 0 Å². The van der Waals surface area contributed by atoms with Crippen molar-refractivity contribution >= 4 is 0 Å². The Labute approximate surface area is 124 Å². The first-order chi connectivity index (χ1) is 9.53. The summed E-state index contributed by atoms with van der Waals surface area (Å²) in [5.41, 5.74) is 5.18. The Morgan fingerprint density at radius 1 is 1.15 bits per heavy atom. The van der Waals surface area contributed by atoms with E-state index < -0.39 is 0 Å². The van der Waals surface area contributed by atoms with Gasteiger partial charge in [-0.15, -0.1) is 0 Å². The third-order valence-corrected chi connectivity index (χ3v) is 5.31. The Morgan fingerprint density at radius 2 is 1.95 bits per heavy atom. The van der Waals surface area contributed by atoms with Gasteiger partial charge in [-0.1, -0.05) is 38.5 Å². The van der Waals surface area contributed by atoms with E-state index in [9.17, 15) is 0 Å². The predicted octanol–water partition coefficient (Wildman–Crippen LogP) is 4.79. The van der Waals surface area contributed by atoms with E-state index >= 15 is 0 Å². The highest BCUT2D eigenvalue weighted by molar-refractivity contribution is 5.36. The average molecular weight is 271 g/mol. The van der Waals surface area contributed by atoms with Crippen molar-refractivity contribution < 1.29 is 0 Å². The Bertz CT molecular complexity index is 475. The number of fused-ring (bicyclic) bond motifs is 1. The van der Waals surface area contributed by atoms with Gasteiger partial charge in [0.05, 0.1) is 0 Å². The Balaban J connectivity index is 1.65. The van der Waals surface area contributed by atoms with E-state index in [4.69, 9.17) is 0 Å². The molecule has 1 heteroatoms. The molecule has 3 rings (SSSR count). The van der Waals surface area contributed by atoms with Gasteiger partial charge in [-0.3, -0.25) is 0 Å². The maximum Gasteiger partial charge on any atom is 0.0294 e. The Kier molecular flexibility index (Phi) is 3.90. The van der Waals surface area contributed by atoms with Crippen molar-refractivity contribution in [2.24, 2.45) is 5.41 Å². The van der Waals surface area contributed by atoms with E-state index in [1.54, 1.807) is 11.1 Å². The van der Waals surface area contributed by atoms with Crippen molar-refractivity contribution in [1.29, 1.82) is 0 Å². The summed E-state index contributed by atoms with van der Waals surface area (Å²) in [6.07, 6.45) is 9.35. The Hall–Kier alpha value is -0.820. The zero-order valence-electron chi connectivity index (χ0n) is 13.3. The highest BCUT2D eigenvalue weighted by atomic mass is 14.9. The lowest BCUT2D eigenvalue weighted by Crippen LogP contribution is -2.38. The summed E-state index contributed by atoms with van der Waals surface area (Å²) in [7, 11) is 0. The largest absolute Gasteiger partial charge is 0.307 e. The SMILES string of the molecule is CC(NC1CCCC(C)(C)C1)c1ccc2c(c1)CCC2. The highest BCUT2D eigenvalue weighted by Gasteiger charge is 2.28. The van der Waals surface area contributed by atoms with E-state index in [0.29, 0.717) is 17.5 Å². The molecule has 20 heavy (non-hydrogen) atoms. The molecule has 0 amide bonds. The molecule has 0 bridgehead atoms. The third kappa shape index (κ3) is 3.09. The van der Waals surface area contributed by atoms with Crippen molar-refractivity contribution in [3.8, 4) is 0 Å². The lowest BCUT2D eigenvalue weighted by atomic mass is 9.75. The molecular weight excluding hydrogens is 242 g/mol. The van der Waals surface area contributed by atoms with Crippen molar-refractivity contribution in [2.45, 2.75) is 77.8 Å². The summed E-state index contributed by atoms with van der Waals surface area (Å²) in [6, 6.07) is 8.34. The average Bonchev–Trinajstić information content (AvgIpc) is 2.84. The van der Waals surface area contributed by atoms with Gasteiger partial charge < -0.3 is 5.32 Å². The molecule has 1 aromatic rings. The standard InChI is InChI=1S/C19H29N/c1-14(20-18-8-5-11-19(2,3)13-18)16-10-9-15-6-4-7-17(15)12-16/h9-10,12,14,18,20H,4-8,11,13H2,1-3H3. The molecule has 1 aromatic carbocycles. The van der Waals surface area contributed by atoms with Crippen molar-refractivity contribution in [3.05, 3.63) is 34.9 Å². The summed E-state index contributed by atoms with van der Waals surface area (Å²) < 4.78 is 0. The van der Waals surface area contributed by atoms with Crippen LogP contribution >= 0.6 is 0 Å². The topological polar surface area (TPSA) is 12.0 Å². The van der Waals surface area contributed by atoms with E-state index in [1.165, 1.54) is 50.5 Å². The molecule has 1 nitrogen and oxygen atoms in total. The van der Waals surface area contributed by atoms with Crippen LogP contribution in [0.15, 0.2) is 18.2 Å². The fraction of sp³-hybridized carbons (Fsp3) is 0.684. The first-order valence-electron chi connectivity index (χ1n) is 8.41. The van der Waals surface area contributed by atoms with Crippen molar-refractivity contribution in [2.75, 3.05) is 0 Å². The molecule has 1 saturated carbocycles. The first kappa shape index (κ1) is 14.1. The number of benzene rings is 1. The van der Waals surface area contributed by atoms with Crippen LogP contribution in [0.2, 0.25) is 0 Å². The molecule has 0 saturated heterocycles. The van der Waals surface area contributed by atoms with E-state index in [-0.39, 0.29) is 0 Å². The first-order valence-corrected chi connectivity index (χ1v) is 8.41. The molecule has 2 aliphatic rings. The minimum absolute atomic E-state index is 0.486. The van der Waals surface area contributed by atoms with Crippen LogP contribution in [0.4, 0.5) is 0 Å². The molecule has 0 aromatic heterocycles. The second-order valence-corrected chi connectivity index (χ2v) is 7.73. The molecule has 0 aliphatic heterocycles. The van der Waals surface area contributed by atoms with Gasteiger partial charge in [0.15, 0.2) is 0 Å². The van der Waals surface area contributed by atoms with E-state index in [2.05, 4.69) is 44.3 Å². The number of hydrogen-bond donors (Lipinski definition) is 1. The van der Waals surface area contributed by atoms with Crippen molar-refractivity contribution in [3.63, 3.8) is 0 Å². The summed E-state index contributed by atoms with van der Waals surface area (Å²) in [5, 5.41) is 3.88. The molecular formula is C19H29N. The smallest absolute Gasteiger partial charge is 0.0294 e. The molecule has 2 atom stereocenters. The second kappa shape index (κ2) is 5.52. The minimum Gasteiger partial charge on any atom is -0.307 e. The maximum atomic E-state index is 3.88. The number of rotatable bonds is 3. The molecule has 0 radical (unpaired) electrons. The normalized spacial score (nSPS) is 26.2. The van der Waals surface area contributed by atoms with Crippen LogP contribution in [0.1, 0.15) is 75.6 Å². The van der Waals surface area contributed by atoms with E-state index in [1.807, 2.05) is 0 Å². The van der Waals surface area contributed by atoms with Crippen LogP contribution in [-0.4, -0.2) is 6.04 Å². The van der Waals surface area contributed by atoms with Crippen LogP contribution in [0, 0.1) is 5.41 Å². The van der Waals surface area contributed by atoms with Gasteiger partial charge in [0.25, 0.3) is 0 Å². The fourth-order valence-corrected chi connectivity index (χ4v) is 4.15. The monoisotopic (exact) mass is 271 g/mol. The zero-order chi connectivity index (χ0) is 14.2. The van der Waals surface area contributed by atoms with Gasteiger partial charge in [-0.25, -0.2) is 0 Å². The number of hydrogen-bond acceptors (Lipinski definition) is 1. The van der Waals surface area contributed by atoms with E-state index in [0.717, 1.165) is 0 Å². The zero-order valence-corrected chi connectivity index (χ0v) is 13.3. The van der Waals surface area contributed by atoms with Gasteiger partial charge in [-0.05, 0) is 67.6 Å². The summed E-state index contributed by atoms with van der Waals surface area (Å²) >= 11 is 0. The lowest BCUT2D eigenvalue weighted by Gasteiger charge is -2.37. The fourth-order valence-electron chi connectivity index (χ4n) is 4.15. The van der Waals surface area contributed by atoms with Gasteiger partial charge in [-0.2, -0.15) is 0 Å². The Morgan fingerprint density at radius 3 is 2.75 bits per heavy atom. The quantitative estimate of drug-likeness (QED) is 0.833. The van der Waals surface area contributed by atoms with Crippen LogP contribution in [0.25, 0.3) is 0 Å². The molecule has 0 spiro atoms. The maximum absolute atomic E-state index is 3.88. The van der Waals surface area contributed by atoms with Crippen LogP contribution in [-0.2, 0) is 12.8 Å². The highest BCUT2D eigenvalue weighted by Crippen LogP contribution is 2.36. The predicted molar refractivity (Wildman–Crippen MR) is 86.1 cm³/mol. The van der Waals surface area contributed by atoms with Crippen LogP contribution < -0.4 is 5.32 Å². The number of nitrogens with one attached hydrogen (secondary N) is 1. The van der Waals surface area contributed by atoms with Crippen LogP contribution in [0.5, 0.6) is 0 Å². The molecule has 2 unspecified atom stereocenters. The molecule has 110 valence electrons. The third-order valence-electron chi connectivity index (χ3n) is 5.31.